The van der Waals surface area contributed by atoms with Gasteiger partial charge >= 0.3 is 0 Å². The largest absolute Gasteiger partial charge is 0.360 e. The van der Waals surface area contributed by atoms with Crippen LogP contribution in [0.25, 0.3) is 22.3 Å². The standard InChI is InChI=1S/C41H32N2S/c1-41(2)34-18-7-9-20-36(34)44-37-21-11-17-32(38(37)41)30-14-10-15-31(26-30)40-42-35-19-8-6-16-33(35)39(43-40)29-24-22-28(23-25-29)27-12-4-3-5-13-27/h3-26,40,42H,1-2H3. The molecule has 2 aliphatic heterocycles. The topological polar surface area (TPSA) is 24.4 Å². The number of benzene rings is 6. The van der Waals surface area contributed by atoms with Gasteiger partial charge in [0.05, 0.1) is 5.71 Å². The van der Waals surface area contributed by atoms with E-state index in [0.717, 1.165) is 28.1 Å². The summed E-state index contributed by atoms with van der Waals surface area (Å²) in [6, 6.07) is 52.3. The van der Waals surface area contributed by atoms with Crippen LogP contribution in [0.4, 0.5) is 5.69 Å². The van der Waals surface area contributed by atoms with E-state index in [1.807, 2.05) is 11.8 Å². The van der Waals surface area contributed by atoms with Crippen molar-refractivity contribution in [2.75, 3.05) is 5.32 Å². The van der Waals surface area contributed by atoms with Gasteiger partial charge in [-0.1, -0.05) is 147 Å². The predicted octanol–water partition coefficient (Wildman–Crippen LogP) is 10.8. The SMILES string of the molecule is CC1(C)c2ccccc2Sc2cccc(-c3cccc(C4N=C(c5ccc(-c6ccccc6)cc5)c5ccccc5N4)c3)c21. The van der Waals surface area contributed by atoms with Crippen molar-refractivity contribution in [3.05, 3.63) is 173 Å². The second kappa shape index (κ2) is 10.7. The Morgan fingerprint density at radius 3 is 2.07 bits per heavy atom. The van der Waals surface area contributed by atoms with Gasteiger partial charge in [0.1, 0.15) is 6.17 Å². The molecule has 1 atom stereocenters. The zero-order chi connectivity index (χ0) is 29.7. The van der Waals surface area contributed by atoms with E-state index in [-0.39, 0.29) is 11.6 Å². The minimum absolute atomic E-state index is 0.108. The van der Waals surface area contributed by atoms with E-state index in [0.29, 0.717) is 0 Å². The molecule has 6 aromatic rings. The highest BCUT2D eigenvalue weighted by molar-refractivity contribution is 7.99. The van der Waals surface area contributed by atoms with Crippen molar-refractivity contribution in [1.82, 2.24) is 0 Å². The smallest absolute Gasteiger partial charge is 0.145 e. The third kappa shape index (κ3) is 4.56. The van der Waals surface area contributed by atoms with Gasteiger partial charge < -0.3 is 5.32 Å². The van der Waals surface area contributed by atoms with Gasteiger partial charge in [0.25, 0.3) is 0 Å². The molecule has 2 aliphatic rings. The molecule has 0 spiro atoms. The predicted molar refractivity (Wildman–Crippen MR) is 185 cm³/mol. The van der Waals surface area contributed by atoms with Crippen LogP contribution < -0.4 is 5.32 Å². The number of hydrogen-bond acceptors (Lipinski definition) is 3. The summed E-state index contributed by atoms with van der Waals surface area (Å²) in [6.45, 7) is 4.72. The van der Waals surface area contributed by atoms with E-state index < -0.39 is 0 Å². The average Bonchev–Trinajstić information content (AvgIpc) is 3.08. The second-order valence-corrected chi connectivity index (χ2v) is 13.1. The van der Waals surface area contributed by atoms with Gasteiger partial charge in [-0.05, 0) is 63.2 Å². The third-order valence-electron chi connectivity index (χ3n) is 8.94. The molecular formula is C41H32N2S. The lowest BCUT2D eigenvalue weighted by Crippen LogP contribution is -2.24. The van der Waals surface area contributed by atoms with Gasteiger partial charge in [0, 0.05) is 32.0 Å². The number of para-hydroxylation sites is 1. The van der Waals surface area contributed by atoms with E-state index in [1.54, 1.807) is 0 Å². The van der Waals surface area contributed by atoms with Crippen molar-refractivity contribution < 1.29 is 0 Å². The molecule has 212 valence electrons. The molecule has 44 heavy (non-hydrogen) atoms. The Labute approximate surface area is 263 Å². The Morgan fingerprint density at radius 2 is 1.20 bits per heavy atom. The molecule has 1 N–H and O–H groups in total. The summed E-state index contributed by atoms with van der Waals surface area (Å²) in [5.74, 6) is 0. The first kappa shape index (κ1) is 26.7. The van der Waals surface area contributed by atoms with Crippen LogP contribution in [0.2, 0.25) is 0 Å². The minimum atomic E-state index is -0.198. The monoisotopic (exact) mass is 584 g/mol. The molecule has 0 aromatic heterocycles. The zero-order valence-electron chi connectivity index (χ0n) is 24.8. The lowest BCUT2D eigenvalue weighted by Gasteiger charge is -2.36. The first-order valence-corrected chi connectivity index (χ1v) is 16.0. The van der Waals surface area contributed by atoms with Crippen molar-refractivity contribution in [1.29, 1.82) is 0 Å². The summed E-state index contributed by atoms with van der Waals surface area (Å²) in [5, 5.41) is 3.73. The summed E-state index contributed by atoms with van der Waals surface area (Å²) in [4.78, 5) is 8.03. The molecule has 2 heterocycles. The fraction of sp³-hybridized carbons (Fsp3) is 0.0976. The first-order valence-electron chi connectivity index (χ1n) is 15.2. The highest BCUT2D eigenvalue weighted by atomic mass is 32.2. The number of fused-ring (bicyclic) bond motifs is 3. The molecule has 6 aromatic carbocycles. The molecule has 0 aliphatic carbocycles. The van der Waals surface area contributed by atoms with Crippen LogP contribution >= 0.6 is 11.8 Å². The molecule has 0 amide bonds. The quantitative estimate of drug-likeness (QED) is 0.223. The fourth-order valence-electron chi connectivity index (χ4n) is 6.74. The summed E-state index contributed by atoms with van der Waals surface area (Å²) < 4.78 is 0. The third-order valence-corrected chi connectivity index (χ3v) is 10.1. The lowest BCUT2D eigenvalue weighted by atomic mass is 9.74. The molecule has 0 fully saturated rings. The van der Waals surface area contributed by atoms with Gasteiger partial charge in [-0.3, -0.25) is 4.99 Å². The van der Waals surface area contributed by atoms with Gasteiger partial charge in [0.2, 0.25) is 0 Å². The molecule has 8 rings (SSSR count). The second-order valence-electron chi connectivity index (χ2n) is 12.0. The number of aliphatic imine (C=N–C) groups is 1. The summed E-state index contributed by atoms with van der Waals surface area (Å²) in [5.41, 5.74) is 13.1. The highest BCUT2D eigenvalue weighted by Crippen LogP contribution is 2.52. The number of hydrogen-bond donors (Lipinski definition) is 1. The van der Waals surface area contributed by atoms with Crippen LogP contribution in [-0.4, -0.2) is 5.71 Å². The van der Waals surface area contributed by atoms with Crippen LogP contribution in [0.15, 0.2) is 160 Å². The van der Waals surface area contributed by atoms with E-state index in [2.05, 4.69) is 165 Å². The van der Waals surface area contributed by atoms with Crippen molar-refractivity contribution in [2.24, 2.45) is 4.99 Å². The van der Waals surface area contributed by atoms with E-state index in [4.69, 9.17) is 4.99 Å². The normalized spacial score (nSPS) is 16.1. The van der Waals surface area contributed by atoms with Gasteiger partial charge in [-0.25, -0.2) is 0 Å². The summed E-state index contributed by atoms with van der Waals surface area (Å²) in [6.07, 6.45) is -0.198. The molecule has 0 bridgehead atoms. The summed E-state index contributed by atoms with van der Waals surface area (Å²) >= 11 is 1.88. The summed E-state index contributed by atoms with van der Waals surface area (Å²) in [7, 11) is 0. The Hall–Kier alpha value is -4.86. The molecular weight excluding hydrogens is 553 g/mol. The number of nitrogens with one attached hydrogen (secondary N) is 1. The van der Waals surface area contributed by atoms with Crippen LogP contribution in [0.5, 0.6) is 0 Å². The fourth-order valence-corrected chi connectivity index (χ4v) is 8.17. The molecule has 0 saturated carbocycles. The number of anilines is 1. The Bertz CT molecular complexity index is 2040. The van der Waals surface area contributed by atoms with Crippen LogP contribution in [0.1, 0.15) is 47.8 Å². The highest BCUT2D eigenvalue weighted by Gasteiger charge is 2.35. The zero-order valence-corrected chi connectivity index (χ0v) is 25.6. The van der Waals surface area contributed by atoms with Crippen LogP contribution in [0, 0.1) is 0 Å². The number of rotatable bonds is 4. The molecule has 2 nitrogen and oxygen atoms in total. The average molecular weight is 585 g/mol. The Morgan fingerprint density at radius 1 is 0.568 bits per heavy atom. The lowest BCUT2D eigenvalue weighted by molar-refractivity contribution is 0.609. The molecule has 1 unspecified atom stereocenters. The van der Waals surface area contributed by atoms with Crippen molar-refractivity contribution >= 4 is 23.2 Å². The Balaban J connectivity index is 1.19. The molecule has 0 radical (unpaired) electrons. The molecule has 0 saturated heterocycles. The van der Waals surface area contributed by atoms with E-state index in [9.17, 15) is 0 Å². The maximum atomic E-state index is 5.35. The van der Waals surface area contributed by atoms with E-state index >= 15 is 0 Å². The number of nitrogens with zero attached hydrogens (tertiary/aromatic N) is 1. The Kier molecular flexibility index (Phi) is 6.50. The molecule has 3 heteroatoms. The van der Waals surface area contributed by atoms with Gasteiger partial charge in [0.15, 0.2) is 0 Å². The van der Waals surface area contributed by atoms with Crippen molar-refractivity contribution in [3.8, 4) is 22.3 Å². The van der Waals surface area contributed by atoms with Crippen molar-refractivity contribution in [2.45, 2.75) is 35.2 Å². The van der Waals surface area contributed by atoms with Crippen LogP contribution in [0.3, 0.4) is 0 Å². The minimum Gasteiger partial charge on any atom is -0.360 e. The van der Waals surface area contributed by atoms with Crippen molar-refractivity contribution in [3.63, 3.8) is 0 Å². The first-order chi connectivity index (χ1) is 21.6. The van der Waals surface area contributed by atoms with Crippen LogP contribution in [-0.2, 0) is 5.41 Å². The maximum absolute atomic E-state index is 5.35. The van der Waals surface area contributed by atoms with E-state index in [1.165, 1.54) is 43.2 Å². The van der Waals surface area contributed by atoms with Gasteiger partial charge in [-0.2, -0.15) is 0 Å². The van der Waals surface area contributed by atoms with Gasteiger partial charge in [-0.15, -0.1) is 0 Å². The maximum Gasteiger partial charge on any atom is 0.145 e.